The largest absolute Gasteiger partial charge is 0.480 e. The standard InChI is InChI=1S/C10H12ClNO4S/c1-7-5-8(11)3-4-9(7)17(15,16)12(2)6-10(13)14/h3-5H,6H2,1-2H3,(H,13,14). The summed E-state index contributed by atoms with van der Waals surface area (Å²) in [4.78, 5) is 10.6. The maximum Gasteiger partial charge on any atom is 0.318 e. The van der Waals surface area contributed by atoms with E-state index in [1.165, 1.54) is 25.2 Å². The number of aliphatic carboxylic acids is 1. The Labute approximate surface area is 105 Å². The molecule has 0 aromatic heterocycles. The smallest absolute Gasteiger partial charge is 0.318 e. The molecule has 1 N–H and O–H groups in total. The highest BCUT2D eigenvalue weighted by molar-refractivity contribution is 7.89. The number of sulfonamides is 1. The van der Waals surface area contributed by atoms with Crippen LogP contribution in [0, 0.1) is 6.92 Å². The van der Waals surface area contributed by atoms with E-state index in [0.29, 0.717) is 10.6 Å². The van der Waals surface area contributed by atoms with Crippen molar-refractivity contribution in [1.29, 1.82) is 0 Å². The fraction of sp³-hybridized carbons (Fsp3) is 0.300. The van der Waals surface area contributed by atoms with Gasteiger partial charge in [-0.15, -0.1) is 0 Å². The van der Waals surface area contributed by atoms with Crippen LogP contribution in [0.1, 0.15) is 5.56 Å². The van der Waals surface area contributed by atoms with Crippen molar-refractivity contribution in [1.82, 2.24) is 4.31 Å². The number of carboxylic acid groups (broad SMARTS) is 1. The number of likely N-dealkylation sites (N-methyl/N-ethyl adjacent to an activating group) is 1. The van der Waals surface area contributed by atoms with Crippen molar-refractivity contribution in [3.8, 4) is 0 Å². The van der Waals surface area contributed by atoms with E-state index in [4.69, 9.17) is 16.7 Å². The monoisotopic (exact) mass is 277 g/mol. The zero-order valence-corrected chi connectivity index (χ0v) is 10.9. The molecular weight excluding hydrogens is 266 g/mol. The average Bonchev–Trinajstić information content (AvgIpc) is 2.15. The highest BCUT2D eigenvalue weighted by Gasteiger charge is 2.24. The molecule has 0 amide bonds. The summed E-state index contributed by atoms with van der Waals surface area (Å²) in [7, 11) is -2.57. The van der Waals surface area contributed by atoms with Gasteiger partial charge in [0, 0.05) is 12.1 Å². The molecular formula is C10H12ClNO4S. The number of rotatable bonds is 4. The lowest BCUT2D eigenvalue weighted by atomic mass is 10.2. The molecule has 0 aliphatic rings. The van der Waals surface area contributed by atoms with Crippen LogP contribution in [0.4, 0.5) is 0 Å². The van der Waals surface area contributed by atoms with Crippen molar-refractivity contribution in [3.05, 3.63) is 28.8 Å². The van der Waals surface area contributed by atoms with E-state index in [1.807, 2.05) is 0 Å². The van der Waals surface area contributed by atoms with Crippen molar-refractivity contribution in [3.63, 3.8) is 0 Å². The molecule has 0 fully saturated rings. The Hall–Kier alpha value is -1.11. The molecule has 0 aliphatic heterocycles. The van der Waals surface area contributed by atoms with Crippen LogP contribution in [-0.4, -0.2) is 37.4 Å². The maximum atomic E-state index is 12.0. The van der Waals surface area contributed by atoms with Gasteiger partial charge in [0.15, 0.2) is 0 Å². The van der Waals surface area contributed by atoms with E-state index < -0.39 is 22.5 Å². The van der Waals surface area contributed by atoms with Crippen LogP contribution < -0.4 is 0 Å². The van der Waals surface area contributed by atoms with Gasteiger partial charge in [0.2, 0.25) is 10.0 Å². The van der Waals surface area contributed by atoms with Gasteiger partial charge in [-0.2, -0.15) is 4.31 Å². The fourth-order valence-corrected chi connectivity index (χ4v) is 2.89. The van der Waals surface area contributed by atoms with Crippen molar-refractivity contribution in [2.75, 3.05) is 13.6 Å². The molecule has 0 spiro atoms. The van der Waals surface area contributed by atoms with Crippen molar-refractivity contribution >= 4 is 27.6 Å². The minimum absolute atomic E-state index is 0.0608. The summed E-state index contributed by atoms with van der Waals surface area (Å²) in [6, 6.07) is 4.34. The number of nitrogens with zero attached hydrogens (tertiary/aromatic N) is 1. The third-order valence-corrected chi connectivity index (χ3v) is 4.38. The number of aryl methyl sites for hydroxylation is 1. The molecule has 0 atom stereocenters. The molecule has 1 aromatic rings. The highest BCUT2D eigenvalue weighted by Crippen LogP contribution is 2.22. The summed E-state index contributed by atoms with van der Waals surface area (Å²) in [5.41, 5.74) is 0.481. The van der Waals surface area contributed by atoms with Crippen LogP contribution in [0.25, 0.3) is 0 Å². The number of carboxylic acids is 1. The van der Waals surface area contributed by atoms with Crippen LogP contribution in [0.2, 0.25) is 5.02 Å². The molecule has 94 valence electrons. The molecule has 0 heterocycles. The summed E-state index contributed by atoms with van der Waals surface area (Å²) < 4.78 is 24.8. The van der Waals surface area contributed by atoms with Gasteiger partial charge in [-0.25, -0.2) is 8.42 Å². The van der Waals surface area contributed by atoms with Gasteiger partial charge >= 0.3 is 5.97 Å². The van der Waals surface area contributed by atoms with E-state index in [1.54, 1.807) is 6.92 Å². The molecule has 7 heteroatoms. The average molecular weight is 278 g/mol. The Morgan fingerprint density at radius 1 is 1.47 bits per heavy atom. The number of hydrogen-bond donors (Lipinski definition) is 1. The van der Waals surface area contributed by atoms with Gasteiger partial charge in [-0.3, -0.25) is 4.79 Å². The summed E-state index contributed by atoms with van der Waals surface area (Å²) in [6.07, 6.45) is 0. The molecule has 1 aromatic carbocycles. The molecule has 17 heavy (non-hydrogen) atoms. The second-order valence-electron chi connectivity index (χ2n) is 3.56. The summed E-state index contributed by atoms with van der Waals surface area (Å²) in [5.74, 6) is -1.21. The van der Waals surface area contributed by atoms with Crippen molar-refractivity contribution in [2.24, 2.45) is 0 Å². The lowest BCUT2D eigenvalue weighted by molar-refractivity contribution is -0.137. The first-order valence-electron chi connectivity index (χ1n) is 4.69. The normalized spacial score (nSPS) is 11.8. The second kappa shape index (κ2) is 5.03. The first kappa shape index (κ1) is 14.0. The van der Waals surface area contributed by atoms with Crippen LogP contribution in [0.15, 0.2) is 23.1 Å². The first-order valence-corrected chi connectivity index (χ1v) is 6.51. The Balaban J connectivity index is 3.17. The molecule has 0 bridgehead atoms. The van der Waals surface area contributed by atoms with Crippen LogP contribution in [0.5, 0.6) is 0 Å². The van der Waals surface area contributed by atoms with Gasteiger partial charge in [-0.05, 0) is 30.7 Å². The molecule has 0 saturated carbocycles. The van der Waals surface area contributed by atoms with Gasteiger partial charge in [-0.1, -0.05) is 11.6 Å². The van der Waals surface area contributed by atoms with E-state index in [0.717, 1.165) is 4.31 Å². The lowest BCUT2D eigenvalue weighted by Crippen LogP contribution is -2.32. The number of hydrogen-bond acceptors (Lipinski definition) is 3. The summed E-state index contributed by atoms with van der Waals surface area (Å²) in [6.45, 7) is 1.03. The zero-order chi connectivity index (χ0) is 13.2. The van der Waals surface area contributed by atoms with E-state index >= 15 is 0 Å². The Morgan fingerprint density at radius 2 is 2.06 bits per heavy atom. The van der Waals surface area contributed by atoms with E-state index in [2.05, 4.69) is 0 Å². The first-order chi connectivity index (χ1) is 7.75. The van der Waals surface area contributed by atoms with E-state index in [-0.39, 0.29) is 4.90 Å². The minimum atomic E-state index is -3.79. The quantitative estimate of drug-likeness (QED) is 0.901. The van der Waals surface area contributed by atoms with Crippen molar-refractivity contribution in [2.45, 2.75) is 11.8 Å². The molecule has 0 saturated heterocycles. The predicted molar refractivity (Wildman–Crippen MR) is 63.6 cm³/mol. The number of carbonyl (C=O) groups is 1. The van der Waals surface area contributed by atoms with Gasteiger partial charge in [0.25, 0.3) is 0 Å². The molecule has 0 unspecified atom stereocenters. The second-order valence-corrected chi connectivity index (χ2v) is 6.01. The Morgan fingerprint density at radius 3 is 2.53 bits per heavy atom. The zero-order valence-electron chi connectivity index (χ0n) is 9.34. The molecule has 0 radical (unpaired) electrons. The van der Waals surface area contributed by atoms with Gasteiger partial charge in [0.05, 0.1) is 4.90 Å². The number of halogens is 1. The summed E-state index contributed by atoms with van der Waals surface area (Å²) >= 11 is 5.73. The fourth-order valence-electron chi connectivity index (χ4n) is 1.35. The van der Waals surface area contributed by atoms with Gasteiger partial charge in [0.1, 0.15) is 6.54 Å². The topological polar surface area (TPSA) is 74.7 Å². The highest BCUT2D eigenvalue weighted by atomic mass is 35.5. The molecule has 1 rings (SSSR count). The lowest BCUT2D eigenvalue weighted by Gasteiger charge is -2.16. The minimum Gasteiger partial charge on any atom is -0.480 e. The Kier molecular flexibility index (Phi) is 4.13. The molecule has 5 nitrogen and oxygen atoms in total. The van der Waals surface area contributed by atoms with Crippen LogP contribution in [0.3, 0.4) is 0 Å². The predicted octanol–water partition coefficient (Wildman–Crippen LogP) is 1.35. The van der Waals surface area contributed by atoms with Crippen LogP contribution in [-0.2, 0) is 14.8 Å². The SMILES string of the molecule is Cc1cc(Cl)ccc1S(=O)(=O)N(C)CC(=O)O. The van der Waals surface area contributed by atoms with Crippen LogP contribution >= 0.6 is 11.6 Å². The maximum absolute atomic E-state index is 12.0. The van der Waals surface area contributed by atoms with E-state index in [9.17, 15) is 13.2 Å². The molecule has 0 aliphatic carbocycles. The number of benzene rings is 1. The summed E-state index contributed by atoms with van der Waals surface area (Å²) in [5, 5.41) is 9.01. The third kappa shape index (κ3) is 3.18. The van der Waals surface area contributed by atoms with Crippen molar-refractivity contribution < 1.29 is 18.3 Å². The Bertz CT molecular complexity index is 541. The third-order valence-electron chi connectivity index (χ3n) is 2.18. The van der Waals surface area contributed by atoms with Gasteiger partial charge < -0.3 is 5.11 Å².